The van der Waals surface area contributed by atoms with Crippen LogP contribution in [0.3, 0.4) is 0 Å². The smallest absolute Gasteiger partial charge is 0.241 e. The molecule has 1 fully saturated rings. The Morgan fingerprint density at radius 3 is 2.53 bits per heavy atom. The van der Waals surface area contributed by atoms with Crippen LogP contribution < -0.4 is 10.6 Å². The lowest BCUT2D eigenvalue weighted by atomic mass is 10.2. The van der Waals surface area contributed by atoms with E-state index in [0.29, 0.717) is 31.9 Å². The van der Waals surface area contributed by atoms with Crippen LogP contribution in [0.25, 0.3) is 0 Å². The SMILES string of the molecule is NC(CO)C(=O)N1CCN(c2ccccc2F)CC1. The van der Waals surface area contributed by atoms with Gasteiger partial charge in [0, 0.05) is 26.2 Å². The Hall–Kier alpha value is -1.66. The van der Waals surface area contributed by atoms with Crippen molar-refractivity contribution in [2.45, 2.75) is 6.04 Å². The second-order valence-electron chi connectivity index (χ2n) is 4.55. The monoisotopic (exact) mass is 267 g/mol. The third kappa shape index (κ3) is 3.02. The summed E-state index contributed by atoms with van der Waals surface area (Å²) in [5.74, 6) is -0.509. The van der Waals surface area contributed by atoms with Gasteiger partial charge in [-0.15, -0.1) is 0 Å². The van der Waals surface area contributed by atoms with Gasteiger partial charge in [0.05, 0.1) is 12.3 Å². The zero-order chi connectivity index (χ0) is 13.8. The molecule has 0 radical (unpaired) electrons. The van der Waals surface area contributed by atoms with E-state index in [0.717, 1.165) is 0 Å². The third-order valence-corrected chi connectivity index (χ3v) is 3.30. The summed E-state index contributed by atoms with van der Waals surface area (Å²) in [6, 6.07) is 5.73. The molecule has 5 nitrogen and oxygen atoms in total. The molecule has 0 aliphatic carbocycles. The van der Waals surface area contributed by atoms with Crippen molar-refractivity contribution in [3.05, 3.63) is 30.1 Å². The molecule has 1 heterocycles. The van der Waals surface area contributed by atoms with Gasteiger partial charge in [-0.25, -0.2) is 4.39 Å². The second-order valence-corrected chi connectivity index (χ2v) is 4.55. The van der Waals surface area contributed by atoms with Crippen LogP contribution in [-0.2, 0) is 4.79 Å². The molecule has 0 bridgehead atoms. The highest BCUT2D eigenvalue weighted by Gasteiger charge is 2.25. The molecule has 3 N–H and O–H groups in total. The zero-order valence-electron chi connectivity index (χ0n) is 10.6. The number of piperazine rings is 1. The van der Waals surface area contributed by atoms with Gasteiger partial charge in [0.15, 0.2) is 0 Å². The molecule has 1 saturated heterocycles. The van der Waals surface area contributed by atoms with Crippen LogP contribution in [0, 0.1) is 5.82 Å². The zero-order valence-corrected chi connectivity index (χ0v) is 10.6. The number of rotatable bonds is 3. The Kier molecular flexibility index (Phi) is 4.34. The van der Waals surface area contributed by atoms with Crippen molar-refractivity contribution >= 4 is 11.6 Å². The molecule has 1 unspecified atom stereocenters. The number of aliphatic hydroxyl groups is 1. The van der Waals surface area contributed by atoms with Crippen LogP contribution in [0.5, 0.6) is 0 Å². The Morgan fingerprint density at radius 2 is 1.95 bits per heavy atom. The third-order valence-electron chi connectivity index (χ3n) is 3.30. The van der Waals surface area contributed by atoms with E-state index in [9.17, 15) is 9.18 Å². The number of hydrogen-bond acceptors (Lipinski definition) is 4. The number of para-hydroxylation sites is 1. The fourth-order valence-corrected chi connectivity index (χ4v) is 2.19. The summed E-state index contributed by atoms with van der Waals surface area (Å²) in [6.07, 6.45) is 0. The number of halogens is 1. The summed E-state index contributed by atoms with van der Waals surface area (Å²) < 4.78 is 13.6. The Bertz CT molecular complexity index is 447. The molecule has 6 heteroatoms. The van der Waals surface area contributed by atoms with Crippen molar-refractivity contribution in [1.82, 2.24) is 4.90 Å². The van der Waals surface area contributed by atoms with Gasteiger partial charge in [-0.05, 0) is 12.1 Å². The Morgan fingerprint density at radius 1 is 1.32 bits per heavy atom. The van der Waals surface area contributed by atoms with E-state index in [2.05, 4.69) is 0 Å². The van der Waals surface area contributed by atoms with Gasteiger partial charge in [0.25, 0.3) is 0 Å². The summed E-state index contributed by atoms with van der Waals surface area (Å²) in [7, 11) is 0. The van der Waals surface area contributed by atoms with Crippen molar-refractivity contribution in [3.8, 4) is 0 Å². The lowest BCUT2D eigenvalue weighted by Crippen LogP contribution is -2.54. The first-order valence-corrected chi connectivity index (χ1v) is 6.28. The second kappa shape index (κ2) is 5.99. The molecule has 1 aliphatic rings. The van der Waals surface area contributed by atoms with Crippen LogP contribution in [0.4, 0.5) is 10.1 Å². The largest absolute Gasteiger partial charge is 0.394 e. The minimum Gasteiger partial charge on any atom is -0.394 e. The number of carbonyl (C=O) groups is 1. The highest BCUT2D eigenvalue weighted by molar-refractivity contribution is 5.82. The fourth-order valence-electron chi connectivity index (χ4n) is 2.19. The van der Waals surface area contributed by atoms with E-state index in [1.807, 2.05) is 4.90 Å². The molecule has 0 saturated carbocycles. The maximum atomic E-state index is 13.6. The van der Waals surface area contributed by atoms with Crippen LogP contribution in [0.1, 0.15) is 0 Å². The van der Waals surface area contributed by atoms with Gasteiger partial charge in [-0.2, -0.15) is 0 Å². The highest BCUT2D eigenvalue weighted by atomic mass is 19.1. The number of carbonyl (C=O) groups excluding carboxylic acids is 1. The van der Waals surface area contributed by atoms with Gasteiger partial charge in [-0.1, -0.05) is 12.1 Å². The van der Waals surface area contributed by atoms with E-state index < -0.39 is 6.04 Å². The molecule has 1 atom stereocenters. The minimum absolute atomic E-state index is 0.254. The van der Waals surface area contributed by atoms with E-state index in [1.54, 1.807) is 23.1 Å². The van der Waals surface area contributed by atoms with Gasteiger partial charge in [0.2, 0.25) is 5.91 Å². The van der Waals surface area contributed by atoms with E-state index in [4.69, 9.17) is 10.8 Å². The topological polar surface area (TPSA) is 69.8 Å². The lowest BCUT2D eigenvalue weighted by Gasteiger charge is -2.37. The molecular formula is C13H18FN3O2. The molecule has 2 rings (SSSR count). The van der Waals surface area contributed by atoms with Gasteiger partial charge in [0.1, 0.15) is 11.9 Å². The van der Waals surface area contributed by atoms with Crippen LogP contribution in [0.15, 0.2) is 24.3 Å². The van der Waals surface area contributed by atoms with Crippen molar-refractivity contribution < 1.29 is 14.3 Å². The Labute approximate surface area is 111 Å². The number of benzene rings is 1. The quantitative estimate of drug-likeness (QED) is 0.795. The number of hydrogen-bond donors (Lipinski definition) is 2. The summed E-state index contributed by atoms with van der Waals surface area (Å²) in [5, 5.41) is 8.87. The molecule has 0 spiro atoms. The number of nitrogens with zero attached hydrogens (tertiary/aromatic N) is 2. The van der Waals surface area contributed by atoms with E-state index >= 15 is 0 Å². The summed E-state index contributed by atoms with van der Waals surface area (Å²) in [5.41, 5.74) is 6.06. The van der Waals surface area contributed by atoms with E-state index in [-0.39, 0.29) is 18.3 Å². The number of amides is 1. The maximum absolute atomic E-state index is 13.6. The van der Waals surface area contributed by atoms with Crippen molar-refractivity contribution in [1.29, 1.82) is 0 Å². The maximum Gasteiger partial charge on any atom is 0.241 e. The number of nitrogens with two attached hydrogens (primary N) is 1. The van der Waals surface area contributed by atoms with Gasteiger partial charge >= 0.3 is 0 Å². The fraction of sp³-hybridized carbons (Fsp3) is 0.462. The van der Waals surface area contributed by atoms with Crippen LogP contribution in [0.2, 0.25) is 0 Å². The summed E-state index contributed by atoms with van der Waals surface area (Å²) >= 11 is 0. The Balaban J connectivity index is 1.96. The van der Waals surface area contributed by atoms with Gasteiger partial charge in [-0.3, -0.25) is 4.79 Å². The van der Waals surface area contributed by atoms with Crippen molar-refractivity contribution in [2.75, 3.05) is 37.7 Å². The molecular weight excluding hydrogens is 249 g/mol. The molecule has 104 valence electrons. The molecule has 1 aromatic rings. The number of anilines is 1. The lowest BCUT2D eigenvalue weighted by molar-refractivity contribution is -0.133. The summed E-state index contributed by atoms with van der Waals surface area (Å²) in [4.78, 5) is 15.3. The first-order chi connectivity index (χ1) is 9.13. The first-order valence-electron chi connectivity index (χ1n) is 6.28. The molecule has 19 heavy (non-hydrogen) atoms. The van der Waals surface area contributed by atoms with E-state index in [1.165, 1.54) is 6.07 Å². The molecule has 1 aromatic carbocycles. The highest BCUT2D eigenvalue weighted by Crippen LogP contribution is 2.20. The summed E-state index contributed by atoms with van der Waals surface area (Å²) in [6.45, 7) is 1.74. The average molecular weight is 267 g/mol. The standard InChI is InChI=1S/C13H18FN3O2/c14-10-3-1-2-4-12(10)16-5-7-17(8-6-16)13(19)11(15)9-18/h1-4,11,18H,5-9,15H2. The van der Waals surface area contributed by atoms with Crippen molar-refractivity contribution in [2.24, 2.45) is 5.73 Å². The predicted octanol–water partition coefficient (Wildman–Crippen LogP) is -0.206. The molecule has 1 amide bonds. The normalized spacial score (nSPS) is 17.4. The first kappa shape index (κ1) is 13.8. The van der Waals surface area contributed by atoms with Crippen LogP contribution in [-0.4, -0.2) is 54.7 Å². The van der Waals surface area contributed by atoms with Crippen LogP contribution >= 0.6 is 0 Å². The molecule has 1 aliphatic heterocycles. The molecule has 0 aromatic heterocycles. The average Bonchev–Trinajstić information content (AvgIpc) is 2.46. The number of aliphatic hydroxyl groups excluding tert-OH is 1. The predicted molar refractivity (Wildman–Crippen MR) is 70.3 cm³/mol. The van der Waals surface area contributed by atoms with Gasteiger partial charge < -0.3 is 20.6 Å². The minimum atomic E-state index is -0.861. The van der Waals surface area contributed by atoms with Crippen molar-refractivity contribution in [3.63, 3.8) is 0 Å².